The Balaban J connectivity index is 5.39. The molecule has 4 atom stereocenters. The van der Waals surface area contributed by atoms with Crippen molar-refractivity contribution in [2.24, 2.45) is 0 Å². The summed E-state index contributed by atoms with van der Waals surface area (Å²) in [5.74, 6) is 2.68. The molecule has 0 aliphatic rings. The van der Waals surface area contributed by atoms with Crippen molar-refractivity contribution in [2.75, 3.05) is 25.7 Å². The van der Waals surface area contributed by atoms with Crippen LogP contribution in [-0.2, 0) is 8.85 Å². The monoisotopic (exact) mass is 826 g/mol. The van der Waals surface area contributed by atoms with E-state index >= 15 is 0 Å². The summed E-state index contributed by atoms with van der Waals surface area (Å²) in [5.41, 5.74) is 0. The molecule has 0 radical (unpaired) electrons. The summed E-state index contributed by atoms with van der Waals surface area (Å²) in [6.45, 7) is 31.2. The normalized spacial score (nSPS) is 17.6. The van der Waals surface area contributed by atoms with Crippen LogP contribution in [0.25, 0.3) is 0 Å². The summed E-state index contributed by atoms with van der Waals surface area (Å²) in [6, 6.07) is 2.57. The molecule has 0 bridgehead atoms. The second-order valence-electron chi connectivity index (χ2n) is 15.2. The third-order valence-corrected chi connectivity index (χ3v) is 70.3. The topological polar surface area (TPSA) is 38.7 Å². The van der Waals surface area contributed by atoms with E-state index in [2.05, 4.69) is 105 Å². The molecule has 0 heterocycles. The van der Waals surface area contributed by atoms with Crippen LogP contribution >= 0.6 is 34.1 Å². The van der Waals surface area contributed by atoms with Crippen molar-refractivity contribution in [3.05, 3.63) is 0 Å². The average molecular weight is 826 g/mol. The Hall–Kier alpha value is 3.11. The third kappa shape index (κ3) is 16.2. The Morgan fingerprint density at radius 3 is 1.32 bits per heavy atom. The zero-order valence-electron chi connectivity index (χ0n) is 30.1. The minimum atomic E-state index is -2.36. The summed E-state index contributed by atoms with van der Waals surface area (Å²) < 4.78 is 16.2. The Morgan fingerprint density at radius 1 is 0.659 bits per heavy atom. The number of unbranched alkanes of at least 4 members (excludes halogenated alkanes) is 2. The van der Waals surface area contributed by atoms with Crippen molar-refractivity contribution in [1.29, 1.82) is 0 Å². The van der Waals surface area contributed by atoms with Gasteiger partial charge in [0.25, 0.3) is 0 Å². The fourth-order valence-electron chi connectivity index (χ4n) is 4.78. The van der Waals surface area contributed by atoms with Gasteiger partial charge < -0.3 is 0 Å². The van der Waals surface area contributed by atoms with Crippen LogP contribution in [0, 0.1) is 0 Å². The van der Waals surface area contributed by atoms with Gasteiger partial charge in [-0.05, 0) is 0 Å². The van der Waals surface area contributed by atoms with E-state index in [0.29, 0.717) is 4.78 Å². The Bertz CT molecular complexity index is 682. The summed E-state index contributed by atoms with van der Waals surface area (Å²) in [6.07, 6.45) is 8.15. The third-order valence-electron chi connectivity index (χ3n) is 9.61. The van der Waals surface area contributed by atoms with Gasteiger partial charge in [-0.2, -0.15) is 0 Å². The van der Waals surface area contributed by atoms with Crippen LogP contribution in [0.4, 0.5) is 0 Å². The van der Waals surface area contributed by atoms with Crippen molar-refractivity contribution >= 4 is 82.1 Å². The molecule has 0 aliphatic heterocycles. The number of rotatable bonds is 24. The van der Waals surface area contributed by atoms with Crippen molar-refractivity contribution in [2.45, 2.75) is 156 Å². The van der Waals surface area contributed by atoms with Gasteiger partial charge in [-0.3, -0.25) is 0 Å². The molecule has 0 aromatic rings. The molecule has 1 N–H and O–H groups in total. The SMILES string of the molecule is CCC[CH2][Sn]([CH2]CCC)([S]CCC[Si](C)(OC)PC(C)(C)[Si](C)(C)C)[S]CCC[Si](C)(OC)PC(C)(C)[Si](C)(C)O. The van der Waals surface area contributed by atoms with Crippen LogP contribution in [0.3, 0.4) is 0 Å². The van der Waals surface area contributed by atoms with Gasteiger partial charge in [-0.15, -0.1) is 0 Å². The van der Waals surface area contributed by atoms with E-state index in [-0.39, 0.29) is 4.78 Å². The number of hydrogen-bond donors (Lipinski definition) is 1. The quantitative estimate of drug-likeness (QED) is 0.0596. The summed E-state index contributed by atoms with van der Waals surface area (Å²) >= 11 is -2.36. The molecule has 12 heteroatoms. The van der Waals surface area contributed by atoms with Crippen LogP contribution in [0.1, 0.15) is 80.1 Å². The van der Waals surface area contributed by atoms with E-state index in [1.54, 1.807) is 8.87 Å². The molecule has 0 saturated heterocycles. The first-order valence-corrected chi connectivity index (χ1v) is 44.9. The van der Waals surface area contributed by atoms with Gasteiger partial charge >= 0.3 is 278 Å². The van der Waals surface area contributed by atoms with E-state index in [9.17, 15) is 4.80 Å². The molecule has 0 aromatic carbocycles. The van der Waals surface area contributed by atoms with E-state index in [0.717, 1.165) is 16.3 Å². The molecule has 0 aromatic heterocycles. The van der Waals surface area contributed by atoms with Gasteiger partial charge in [0, 0.05) is 0 Å². The molecule has 4 unspecified atom stereocenters. The molecule has 3 nitrogen and oxygen atoms in total. The fraction of sp³-hybridized carbons (Fsp3) is 1.00. The van der Waals surface area contributed by atoms with Crippen LogP contribution in [-0.4, -0.2) is 88.1 Å². The first-order chi connectivity index (χ1) is 18.6. The zero-order chi connectivity index (χ0) is 32.2. The standard InChI is InChI=1S/C11H29OPSSi2.C10H27O2PSSi2.2C4H9.Sn/c1-11(2,15(4,5)6)13-16(7,12-3)10-8-9-14;1-10(2,15(4,5)11)13-16(6,12-3)9-7-8-14;2*1-3-4-2;/h13-14H,8-10H2,1-7H3;11,13-14H,7-9H2,1-6H3;2*1,3-4H2,2H3;/q;;;;+2/p-2. The predicted octanol–water partition coefficient (Wildman–Crippen LogP) is 11.2. The zero-order valence-corrected chi connectivity index (χ0v) is 40.6. The second-order valence-corrected chi connectivity index (χ2v) is 70.5. The van der Waals surface area contributed by atoms with Crippen molar-refractivity contribution < 1.29 is 13.6 Å². The fourth-order valence-corrected chi connectivity index (χ4v) is 65.7. The van der Waals surface area contributed by atoms with Crippen molar-refractivity contribution in [3.8, 4) is 0 Å². The van der Waals surface area contributed by atoms with Crippen molar-refractivity contribution in [1.82, 2.24) is 0 Å². The molecule has 0 aliphatic carbocycles. The van der Waals surface area contributed by atoms with Crippen LogP contribution in [0.15, 0.2) is 0 Å². The minimum absolute atomic E-state index is 0.0308. The first kappa shape index (κ1) is 44.1. The van der Waals surface area contributed by atoms with Crippen LogP contribution < -0.4 is 0 Å². The Kier molecular flexibility index (Phi) is 20.6. The summed E-state index contributed by atoms with van der Waals surface area (Å²) in [5, 5.41) is 0. The predicted molar refractivity (Wildman–Crippen MR) is 214 cm³/mol. The van der Waals surface area contributed by atoms with E-state index in [4.69, 9.17) is 8.85 Å². The summed E-state index contributed by atoms with van der Waals surface area (Å²) in [7, 11) is 3.81. The Labute approximate surface area is 275 Å². The molecular weight excluding hydrogens is 753 g/mol. The molecule has 0 spiro atoms. The van der Waals surface area contributed by atoms with Crippen molar-refractivity contribution in [3.63, 3.8) is 0 Å². The maximum absolute atomic E-state index is 10.9. The van der Waals surface area contributed by atoms with Gasteiger partial charge in [0.2, 0.25) is 0 Å². The van der Waals surface area contributed by atoms with E-state index in [1.165, 1.54) is 62.1 Å². The Morgan fingerprint density at radius 2 is 1.02 bits per heavy atom. The van der Waals surface area contributed by atoms with Crippen LogP contribution in [0.5, 0.6) is 0 Å². The second kappa shape index (κ2) is 19.2. The maximum atomic E-state index is 10.9. The molecule has 0 fully saturated rings. The van der Waals surface area contributed by atoms with Gasteiger partial charge in [0.05, 0.1) is 0 Å². The molecule has 0 saturated carbocycles. The average Bonchev–Trinajstić information content (AvgIpc) is 2.84. The van der Waals surface area contributed by atoms with Gasteiger partial charge in [-0.25, -0.2) is 0 Å². The van der Waals surface area contributed by atoms with Gasteiger partial charge in [0.1, 0.15) is 0 Å². The first-order valence-electron chi connectivity index (χ1n) is 16.3. The molecule has 248 valence electrons. The van der Waals surface area contributed by atoms with Gasteiger partial charge in [-0.1, -0.05) is 0 Å². The van der Waals surface area contributed by atoms with Crippen LogP contribution in [0.2, 0.25) is 66.8 Å². The molecule has 0 amide bonds. The van der Waals surface area contributed by atoms with E-state index < -0.39 is 48.0 Å². The molecule has 0 rings (SSSR count). The van der Waals surface area contributed by atoms with E-state index in [1.807, 2.05) is 14.2 Å². The summed E-state index contributed by atoms with van der Waals surface area (Å²) in [4.78, 5) is 10.9. The molecular formula is C29H72O3P2S2Si4Sn. The number of hydrogen-bond acceptors (Lipinski definition) is 5. The van der Waals surface area contributed by atoms with Gasteiger partial charge in [0.15, 0.2) is 0 Å². The molecule has 41 heavy (non-hydrogen) atoms.